The van der Waals surface area contributed by atoms with Crippen LogP contribution in [0.3, 0.4) is 0 Å². The van der Waals surface area contributed by atoms with Crippen LogP contribution in [0, 0.1) is 0 Å². The molecule has 0 amide bonds. The number of hydrogen-bond donors (Lipinski definition) is 1. The minimum atomic E-state index is 0.213. The lowest BCUT2D eigenvalue weighted by molar-refractivity contribution is 0.0277. The first-order valence-electron chi connectivity index (χ1n) is 7.29. The summed E-state index contributed by atoms with van der Waals surface area (Å²) in [6.07, 6.45) is 4.25. The summed E-state index contributed by atoms with van der Waals surface area (Å²) in [6.45, 7) is 8.12. The van der Waals surface area contributed by atoms with Gasteiger partial charge in [0, 0.05) is 19.1 Å². The molecule has 0 aliphatic carbocycles. The molecule has 0 radical (unpaired) electrons. The lowest BCUT2D eigenvalue weighted by atomic mass is 10.0. The Hall–Kier alpha value is -1.01. The van der Waals surface area contributed by atoms with Crippen molar-refractivity contribution >= 4 is 0 Å². The van der Waals surface area contributed by atoms with Crippen LogP contribution in [0.25, 0.3) is 0 Å². The number of ether oxygens (including phenoxy) is 1. The molecule has 0 bridgehead atoms. The van der Waals surface area contributed by atoms with Crippen LogP contribution in [0.4, 0.5) is 0 Å². The smallest absolute Gasteiger partial charge is 0.176 e. The van der Waals surface area contributed by atoms with Gasteiger partial charge >= 0.3 is 0 Å². The van der Waals surface area contributed by atoms with Crippen LogP contribution in [0.5, 0.6) is 0 Å². The molecule has 0 aromatic carbocycles. The van der Waals surface area contributed by atoms with Crippen LogP contribution in [0.1, 0.15) is 45.9 Å². The van der Waals surface area contributed by atoms with Crippen molar-refractivity contribution in [2.45, 2.75) is 58.6 Å². The topological polar surface area (TPSA) is 64.9 Å². The fourth-order valence-corrected chi connectivity index (χ4v) is 2.17. The summed E-state index contributed by atoms with van der Waals surface area (Å²) < 4.78 is 5.88. The molecule has 1 rings (SSSR count). The number of tetrazole rings is 1. The van der Waals surface area contributed by atoms with Crippen LogP contribution < -0.4 is 5.32 Å². The fourth-order valence-electron chi connectivity index (χ4n) is 2.17. The second-order valence-electron chi connectivity index (χ2n) is 4.74. The van der Waals surface area contributed by atoms with Crippen molar-refractivity contribution in [3.05, 3.63) is 5.82 Å². The number of nitrogens with zero attached hydrogens (tertiary/aromatic N) is 4. The Bertz CT molecular complexity index is 336. The maximum absolute atomic E-state index is 5.88. The molecule has 0 aliphatic heterocycles. The van der Waals surface area contributed by atoms with Crippen LogP contribution in [0.15, 0.2) is 0 Å². The lowest BCUT2D eigenvalue weighted by Gasteiger charge is -2.27. The SMILES string of the molecule is CCCNC(Cc1nnn(C)n1)C(CCC)OCC. The summed E-state index contributed by atoms with van der Waals surface area (Å²) in [6, 6.07) is 0.254. The number of aromatic nitrogens is 4. The van der Waals surface area contributed by atoms with Gasteiger partial charge in [-0.2, -0.15) is 4.80 Å². The Morgan fingerprint density at radius 2 is 2.05 bits per heavy atom. The van der Waals surface area contributed by atoms with Crippen molar-refractivity contribution in [2.24, 2.45) is 7.05 Å². The third-order valence-corrected chi connectivity index (χ3v) is 3.01. The zero-order chi connectivity index (χ0) is 14.1. The van der Waals surface area contributed by atoms with Crippen molar-refractivity contribution in [1.82, 2.24) is 25.5 Å². The Kier molecular flexibility index (Phi) is 7.59. The molecule has 0 aliphatic rings. The minimum Gasteiger partial charge on any atom is -0.377 e. The van der Waals surface area contributed by atoms with E-state index in [9.17, 15) is 0 Å². The summed E-state index contributed by atoms with van der Waals surface area (Å²) in [4.78, 5) is 1.50. The summed E-state index contributed by atoms with van der Waals surface area (Å²) in [5, 5.41) is 15.8. The molecular weight excluding hydrogens is 242 g/mol. The first-order valence-corrected chi connectivity index (χ1v) is 7.29. The normalized spacial score (nSPS) is 14.5. The van der Waals surface area contributed by atoms with Crippen molar-refractivity contribution in [1.29, 1.82) is 0 Å². The third kappa shape index (κ3) is 5.65. The van der Waals surface area contributed by atoms with E-state index in [1.165, 1.54) is 4.80 Å². The van der Waals surface area contributed by atoms with E-state index >= 15 is 0 Å². The third-order valence-electron chi connectivity index (χ3n) is 3.01. The van der Waals surface area contributed by atoms with Gasteiger partial charge in [-0.25, -0.2) is 0 Å². The molecule has 2 unspecified atom stereocenters. The molecule has 0 saturated carbocycles. The largest absolute Gasteiger partial charge is 0.377 e. The standard InChI is InChI=1S/C13H27N5O/c1-5-8-12(19-7-3)11(14-9-6-2)10-13-15-17-18(4)16-13/h11-12,14H,5-10H2,1-4H3. The predicted octanol–water partition coefficient (Wildman–Crippen LogP) is 1.33. The average molecular weight is 269 g/mol. The predicted molar refractivity (Wildman–Crippen MR) is 74.9 cm³/mol. The van der Waals surface area contributed by atoms with Crippen molar-refractivity contribution in [3.8, 4) is 0 Å². The molecule has 6 nitrogen and oxygen atoms in total. The van der Waals surface area contributed by atoms with Gasteiger partial charge in [-0.15, -0.1) is 10.2 Å². The molecule has 2 atom stereocenters. The van der Waals surface area contributed by atoms with Crippen molar-refractivity contribution in [3.63, 3.8) is 0 Å². The molecular formula is C13H27N5O. The van der Waals surface area contributed by atoms with E-state index in [-0.39, 0.29) is 12.1 Å². The van der Waals surface area contributed by atoms with Gasteiger partial charge in [-0.05, 0) is 31.5 Å². The van der Waals surface area contributed by atoms with Gasteiger partial charge in [0.1, 0.15) is 0 Å². The Labute approximate surface area is 115 Å². The zero-order valence-electron chi connectivity index (χ0n) is 12.6. The van der Waals surface area contributed by atoms with Gasteiger partial charge in [0.25, 0.3) is 0 Å². The van der Waals surface area contributed by atoms with Crippen LogP contribution in [-0.2, 0) is 18.2 Å². The van der Waals surface area contributed by atoms with E-state index in [0.29, 0.717) is 0 Å². The molecule has 1 N–H and O–H groups in total. The number of rotatable bonds is 10. The highest BCUT2D eigenvalue weighted by atomic mass is 16.5. The minimum absolute atomic E-state index is 0.213. The number of hydrogen-bond acceptors (Lipinski definition) is 5. The van der Waals surface area contributed by atoms with Crippen LogP contribution in [0.2, 0.25) is 0 Å². The molecule has 110 valence electrons. The van der Waals surface area contributed by atoms with Crippen molar-refractivity contribution in [2.75, 3.05) is 13.2 Å². The number of nitrogens with one attached hydrogen (secondary N) is 1. The van der Waals surface area contributed by atoms with Gasteiger partial charge in [0.05, 0.1) is 13.2 Å². The second-order valence-corrected chi connectivity index (χ2v) is 4.74. The Morgan fingerprint density at radius 1 is 1.26 bits per heavy atom. The van der Waals surface area contributed by atoms with E-state index in [1.807, 2.05) is 6.92 Å². The molecule has 19 heavy (non-hydrogen) atoms. The Balaban J connectivity index is 2.67. The van der Waals surface area contributed by atoms with E-state index < -0.39 is 0 Å². The molecule has 6 heteroatoms. The highest BCUT2D eigenvalue weighted by molar-refractivity contribution is 4.89. The van der Waals surface area contributed by atoms with Crippen LogP contribution in [-0.4, -0.2) is 45.5 Å². The first-order chi connectivity index (χ1) is 9.21. The second kappa shape index (κ2) is 8.98. The quantitative estimate of drug-likeness (QED) is 0.694. The van der Waals surface area contributed by atoms with E-state index in [0.717, 1.165) is 44.7 Å². The molecule has 1 aromatic heterocycles. The highest BCUT2D eigenvalue weighted by Crippen LogP contribution is 2.11. The zero-order valence-corrected chi connectivity index (χ0v) is 12.6. The highest BCUT2D eigenvalue weighted by Gasteiger charge is 2.22. The Morgan fingerprint density at radius 3 is 2.58 bits per heavy atom. The van der Waals surface area contributed by atoms with E-state index in [2.05, 4.69) is 34.6 Å². The van der Waals surface area contributed by atoms with Crippen molar-refractivity contribution < 1.29 is 4.74 Å². The average Bonchev–Trinajstić information content (AvgIpc) is 2.80. The summed E-state index contributed by atoms with van der Waals surface area (Å²) >= 11 is 0. The van der Waals surface area contributed by atoms with Gasteiger partial charge < -0.3 is 10.1 Å². The molecule has 1 heterocycles. The maximum Gasteiger partial charge on any atom is 0.176 e. The van der Waals surface area contributed by atoms with Gasteiger partial charge in [-0.1, -0.05) is 20.3 Å². The van der Waals surface area contributed by atoms with Gasteiger partial charge in [0.15, 0.2) is 5.82 Å². The maximum atomic E-state index is 5.88. The first kappa shape index (κ1) is 16.0. The van der Waals surface area contributed by atoms with E-state index in [1.54, 1.807) is 7.05 Å². The lowest BCUT2D eigenvalue weighted by Crippen LogP contribution is -2.43. The monoisotopic (exact) mass is 269 g/mol. The molecule has 0 fully saturated rings. The van der Waals surface area contributed by atoms with Crippen LogP contribution >= 0.6 is 0 Å². The fraction of sp³-hybridized carbons (Fsp3) is 0.923. The summed E-state index contributed by atoms with van der Waals surface area (Å²) in [5.41, 5.74) is 0. The summed E-state index contributed by atoms with van der Waals surface area (Å²) in [5.74, 6) is 0.775. The van der Waals surface area contributed by atoms with Gasteiger partial charge in [-0.3, -0.25) is 0 Å². The van der Waals surface area contributed by atoms with Gasteiger partial charge in [0.2, 0.25) is 0 Å². The summed E-state index contributed by atoms with van der Waals surface area (Å²) in [7, 11) is 1.79. The van der Waals surface area contributed by atoms with E-state index in [4.69, 9.17) is 4.74 Å². The molecule has 0 saturated heterocycles. The molecule has 0 spiro atoms. The number of aryl methyl sites for hydroxylation is 1. The molecule has 1 aromatic rings.